The van der Waals surface area contributed by atoms with Crippen LogP contribution in [0.25, 0.3) is 128 Å². The third-order valence-electron chi connectivity index (χ3n) is 13.7. The third-order valence-corrected chi connectivity index (χ3v) is 13.7. The zero-order valence-corrected chi connectivity index (χ0v) is 37.3. The Hall–Kier alpha value is -9.39. The van der Waals surface area contributed by atoms with E-state index in [1.54, 1.807) is 0 Å². The van der Waals surface area contributed by atoms with E-state index >= 15 is 0 Å². The standard InChI is InChI=1S/C63H40N6/c1-5-17-41(18-6-1)61-64-62(42-19-7-2-8-20-42)66-63(65-61)69-59-39-45(43-29-33-51-49-25-13-15-27-55(49)67(57(51)37-43)47-21-9-3-10-22-47)31-35-53(59)54-36-32-46(40-60(54)69)44-30-34-52-50-26-14-16-28-56(50)68(58(52)38-44)48-23-11-4-12-24-48/h1-40H. The first-order valence-electron chi connectivity index (χ1n) is 23.4. The molecule has 6 heteroatoms. The molecule has 0 atom stereocenters. The van der Waals surface area contributed by atoms with Gasteiger partial charge in [-0.05, 0) is 82.9 Å². The first-order valence-corrected chi connectivity index (χ1v) is 23.4. The highest BCUT2D eigenvalue weighted by Crippen LogP contribution is 2.41. The average molecular weight is 881 g/mol. The van der Waals surface area contributed by atoms with Crippen molar-refractivity contribution in [1.82, 2.24) is 28.7 Å². The lowest BCUT2D eigenvalue weighted by Crippen LogP contribution is -2.06. The summed E-state index contributed by atoms with van der Waals surface area (Å²) in [6.07, 6.45) is 0. The van der Waals surface area contributed by atoms with E-state index in [2.05, 4.69) is 220 Å². The van der Waals surface area contributed by atoms with E-state index in [4.69, 9.17) is 15.0 Å². The Kier molecular flexibility index (Phi) is 8.79. The van der Waals surface area contributed by atoms with Crippen LogP contribution in [0.5, 0.6) is 0 Å². The fraction of sp³-hybridized carbons (Fsp3) is 0. The largest absolute Gasteiger partial charge is 0.309 e. The fourth-order valence-electron chi connectivity index (χ4n) is 10.5. The molecule has 0 aliphatic heterocycles. The van der Waals surface area contributed by atoms with Crippen molar-refractivity contribution in [3.63, 3.8) is 0 Å². The van der Waals surface area contributed by atoms with Gasteiger partial charge in [0.25, 0.3) is 0 Å². The van der Waals surface area contributed by atoms with E-state index in [0.717, 1.165) is 77.6 Å². The van der Waals surface area contributed by atoms with Crippen LogP contribution in [0.2, 0.25) is 0 Å². The maximum absolute atomic E-state index is 5.33. The molecular weight excluding hydrogens is 841 g/mol. The highest BCUT2D eigenvalue weighted by Gasteiger charge is 2.21. The number of fused-ring (bicyclic) bond motifs is 9. The van der Waals surface area contributed by atoms with Gasteiger partial charge in [0.15, 0.2) is 11.6 Å². The van der Waals surface area contributed by atoms with E-state index in [-0.39, 0.29) is 0 Å². The van der Waals surface area contributed by atoms with Gasteiger partial charge < -0.3 is 9.13 Å². The molecule has 0 spiro atoms. The Bertz CT molecular complexity index is 4010. The first kappa shape index (κ1) is 38.8. The fourth-order valence-corrected chi connectivity index (χ4v) is 10.5. The molecular formula is C63H40N6. The van der Waals surface area contributed by atoms with Gasteiger partial charge in [-0.25, -0.2) is 4.98 Å². The summed E-state index contributed by atoms with van der Waals surface area (Å²) in [5.74, 6) is 1.77. The van der Waals surface area contributed by atoms with E-state index in [1.165, 1.54) is 32.6 Å². The van der Waals surface area contributed by atoms with E-state index in [0.29, 0.717) is 17.6 Å². The van der Waals surface area contributed by atoms with Crippen LogP contribution in [0.1, 0.15) is 0 Å². The molecule has 0 bridgehead atoms. The number of aromatic nitrogens is 6. The van der Waals surface area contributed by atoms with Crippen LogP contribution in [0.15, 0.2) is 243 Å². The van der Waals surface area contributed by atoms with Crippen molar-refractivity contribution in [3.8, 4) is 62.4 Å². The summed E-state index contributed by atoms with van der Waals surface area (Å²) in [4.78, 5) is 15.8. The van der Waals surface area contributed by atoms with Crippen molar-refractivity contribution in [2.75, 3.05) is 0 Å². The summed E-state index contributed by atoms with van der Waals surface area (Å²) in [6.45, 7) is 0. The summed E-state index contributed by atoms with van der Waals surface area (Å²) in [5, 5.41) is 7.12. The maximum Gasteiger partial charge on any atom is 0.238 e. The van der Waals surface area contributed by atoms with E-state index in [1.807, 2.05) is 36.4 Å². The second-order valence-corrected chi connectivity index (χ2v) is 17.7. The summed E-state index contributed by atoms with van der Waals surface area (Å²) in [5.41, 5.74) is 15.2. The van der Waals surface area contributed by atoms with Crippen molar-refractivity contribution in [2.24, 2.45) is 0 Å². The Morgan fingerprint density at radius 1 is 0.217 bits per heavy atom. The van der Waals surface area contributed by atoms with Gasteiger partial charge >= 0.3 is 0 Å². The molecule has 0 radical (unpaired) electrons. The molecule has 14 rings (SSSR count). The molecule has 0 amide bonds. The lowest BCUT2D eigenvalue weighted by atomic mass is 10.00. The minimum atomic E-state index is 0.552. The molecule has 4 heterocycles. The average Bonchev–Trinajstić information content (AvgIpc) is 4.06. The smallest absolute Gasteiger partial charge is 0.238 e. The zero-order valence-electron chi connectivity index (χ0n) is 37.3. The third kappa shape index (κ3) is 6.30. The van der Waals surface area contributed by atoms with Crippen LogP contribution in [0.4, 0.5) is 0 Å². The summed E-state index contributed by atoms with van der Waals surface area (Å²) in [6, 6.07) is 86.4. The van der Waals surface area contributed by atoms with E-state index in [9.17, 15) is 0 Å². The van der Waals surface area contributed by atoms with Gasteiger partial charge in [0.1, 0.15) is 0 Å². The number of benzene rings is 10. The molecule has 10 aromatic carbocycles. The molecule has 0 aliphatic rings. The topological polar surface area (TPSA) is 53.5 Å². The molecule has 0 saturated heterocycles. The summed E-state index contributed by atoms with van der Waals surface area (Å²) < 4.78 is 7.00. The van der Waals surface area contributed by atoms with Crippen LogP contribution in [0, 0.1) is 0 Å². The van der Waals surface area contributed by atoms with Crippen molar-refractivity contribution in [1.29, 1.82) is 0 Å². The molecule has 4 aromatic heterocycles. The molecule has 0 aliphatic carbocycles. The Morgan fingerprint density at radius 2 is 0.522 bits per heavy atom. The van der Waals surface area contributed by atoms with Crippen LogP contribution >= 0.6 is 0 Å². The van der Waals surface area contributed by atoms with Crippen LogP contribution in [-0.4, -0.2) is 28.7 Å². The normalized spacial score (nSPS) is 11.8. The molecule has 0 unspecified atom stereocenters. The highest BCUT2D eigenvalue weighted by molar-refractivity contribution is 6.14. The Morgan fingerprint density at radius 3 is 0.899 bits per heavy atom. The van der Waals surface area contributed by atoms with Crippen molar-refractivity contribution in [2.45, 2.75) is 0 Å². The van der Waals surface area contributed by atoms with Crippen LogP contribution < -0.4 is 0 Å². The SMILES string of the molecule is c1ccc(-c2nc(-c3ccccc3)nc(-n3c4cc(-c5ccc6c7ccccc7n(-c7ccccc7)c6c5)ccc4c4ccc(-c5ccc6c7ccccc7n(-c7ccccc7)c6c5)cc43)n2)cc1. The predicted molar refractivity (Wildman–Crippen MR) is 285 cm³/mol. The van der Waals surface area contributed by atoms with Gasteiger partial charge in [-0.15, -0.1) is 0 Å². The van der Waals surface area contributed by atoms with E-state index < -0.39 is 0 Å². The van der Waals surface area contributed by atoms with Crippen molar-refractivity contribution in [3.05, 3.63) is 243 Å². The predicted octanol–water partition coefficient (Wildman–Crippen LogP) is 15.8. The van der Waals surface area contributed by atoms with Crippen LogP contribution in [0.3, 0.4) is 0 Å². The molecule has 0 N–H and O–H groups in total. The second kappa shape index (κ2) is 15.6. The molecule has 0 fully saturated rings. The summed E-state index contributed by atoms with van der Waals surface area (Å²) >= 11 is 0. The monoisotopic (exact) mass is 880 g/mol. The number of rotatable bonds is 7. The lowest BCUT2D eigenvalue weighted by molar-refractivity contribution is 0.953. The van der Waals surface area contributed by atoms with Gasteiger partial charge in [0.2, 0.25) is 5.95 Å². The Balaban J connectivity index is 1.02. The number of hydrogen-bond donors (Lipinski definition) is 0. The Labute approximate surface area is 397 Å². The molecule has 0 saturated carbocycles. The number of nitrogens with zero attached hydrogens (tertiary/aromatic N) is 6. The van der Waals surface area contributed by atoms with Gasteiger partial charge in [0, 0.05) is 54.8 Å². The quantitative estimate of drug-likeness (QED) is 0.160. The molecule has 69 heavy (non-hydrogen) atoms. The molecule has 14 aromatic rings. The molecule has 6 nitrogen and oxygen atoms in total. The summed E-state index contributed by atoms with van der Waals surface area (Å²) in [7, 11) is 0. The minimum absolute atomic E-state index is 0.552. The van der Waals surface area contributed by atoms with Gasteiger partial charge in [-0.3, -0.25) is 4.57 Å². The number of para-hydroxylation sites is 4. The van der Waals surface area contributed by atoms with Crippen LogP contribution in [-0.2, 0) is 0 Å². The lowest BCUT2D eigenvalue weighted by Gasteiger charge is -2.12. The minimum Gasteiger partial charge on any atom is -0.309 e. The first-order chi connectivity index (χ1) is 34.2. The van der Waals surface area contributed by atoms with Crippen molar-refractivity contribution >= 4 is 65.4 Å². The zero-order chi connectivity index (χ0) is 45.4. The second-order valence-electron chi connectivity index (χ2n) is 17.7. The molecule has 322 valence electrons. The maximum atomic E-state index is 5.33. The number of hydrogen-bond acceptors (Lipinski definition) is 3. The van der Waals surface area contributed by atoms with Gasteiger partial charge in [-0.2, -0.15) is 9.97 Å². The van der Waals surface area contributed by atoms with Crippen molar-refractivity contribution < 1.29 is 0 Å². The van der Waals surface area contributed by atoms with Gasteiger partial charge in [0.05, 0.1) is 33.1 Å². The van der Waals surface area contributed by atoms with Gasteiger partial charge in [-0.1, -0.05) is 182 Å². The highest BCUT2D eigenvalue weighted by atomic mass is 15.2.